The van der Waals surface area contributed by atoms with Gasteiger partial charge in [-0.1, -0.05) is 90.9 Å². The van der Waals surface area contributed by atoms with E-state index >= 15 is 0 Å². The van der Waals surface area contributed by atoms with Gasteiger partial charge in [-0.2, -0.15) is 0 Å². The fourth-order valence-electron chi connectivity index (χ4n) is 3.50. The maximum absolute atomic E-state index is 12.3. The van der Waals surface area contributed by atoms with Crippen molar-refractivity contribution < 1.29 is 16.8 Å². The molecular formula is C18H36O4S2. The molecular weight excluding hydrogens is 344 g/mol. The minimum absolute atomic E-state index is 0.295. The van der Waals surface area contributed by atoms with E-state index in [1.54, 1.807) is 0 Å². The predicted molar refractivity (Wildman–Crippen MR) is 101 cm³/mol. The second-order valence-corrected chi connectivity index (χ2v) is 12.4. The van der Waals surface area contributed by atoms with Crippen molar-refractivity contribution in [2.24, 2.45) is 0 Å². The third kappa shape index (κ3) is 6.01. The molecule has 0 aromatic rings. The Balaban J connectivity index is 2.33. The maximum atomic E-state index is 12.3. The molecule has 0 bridgehead atoms. The van der Waals surface area contributed by atoms with Crippen LogP contribution in [0.3, 0.4) is 0 Å². The second kappa shape index (κ2) is 10.8. The fourth-order valence-corrected chi connectivity index (χ4v) is 9.93. The van der Waals surface area contributed by atoms with Crippen molar-refractivity contribution in [2.75, 3.05) is 0 Å². The molecule has 0 aromatic heterocycles. The van der Waals surface area contributed by atoms with Crippen LogP contribution in [0.2, 0.25) is 0 Å². The lowest BCUT2D eigenvalue weighted by molar-refractivity contribution is 0.515. The summed E-state index contributed by atoms with van der Waals surface area (Å²) < 4.78 is 47.1. The van der Waals surface area contributed by atoms with Crippen LogP contribution in [0.5, 0.6) is 0 Å². The van der Waals surface area contributed by atoms with Gasteiger partial charge in [0.25, 0.3) is 0 Å². The lowest BCUT2D eigenvalue weighted by Gasteiger charge is -2.35. The highest BCUT2D eigenvalue weighted by molar-refractivity contribution is 8.25. The molecule has 1 aliphatic heterocycles. The third-order valence-electron chi connectivity index (χ3n) is 5.05. The van der Waals surface area contributed by atoms with Gasteiger partial charge in [0.15, 0.2) is 28.8 Å². The van der Waals surface area contributed by atoms with Gasteiger partial charge in [-0.15, -0.1) is 0 Å². The van der Waals surface area contributed by atoms with E-state index in [-0.39, 0.29) is 0 Å². The Bertz CT molecular complexity index is 467. The minimum Gasteiger partial charge on any atom is -0.226 e. The van der Waals surface area contributed by atoms with Gasteiger partial charge in [-0.25, -0.2) is 16.8 Å². The molecule has 144 valence electrons. The van der Waals surface area contributed by atoms with Gasteiger partial charge in [-0.3, -0.25) is 0 Å². The first-order valence-corrected chi connectivity index (χ1v) is 13.1. The summed E-state index contributed by atoms with van der Waals surface area (Å²) >= 11 is 0. The van der Waals surface area contributed by atoms with Crippen molar-refractivity contribution >= 4 is 19.7 Å². The molecule has 0 N–H and O–H groups in total. The van der Waals surface area contributed by atoms with E-state index in [4.69, 9.17) is 0 Å². The van der Waals surface area contributed by atoms with Crippen molar-refractivity contribution in [2.45, 2.75) is 113 Å². The van der Waals surface area contributed by atoms with Crippen molar-refractivity contribution in [3.63, 3.8) is 0 Å². The third-order valence-corrected chi connectivity index (χ3v) is 12.1. The standard InChI is InChI=1S/C18H36O4S2/c1-3-5-7-9-11-13-15-17-23(19,20)18(24(17,21)22)16-14-12-10-8-6-4-2/h17-18H,3-16H2,1-2H3. The Morgan fingerprint density at radius 2 is 0.792 bits per heavy atom. The molecule has 24 heavy (non-hydrogen) atoms. The Morgan fingerprint density at radius 1 is 0.500 bits per heavy atom. The monoisotopic (exact) mass is 380 g/mol. The lowest BCUT2D eigenvalue weighted by Crippen LogP contribution is -2.55. The van der Waals surface area contributed by atoms with Crippen molar-refractivity contribution in [3.8, 4) is 0 Å². The van der Waals surface area contributed by atoms with Gasteiger partial charge < -0.3 is 0 Å². The summed E-state index contributed by atoms with van der Waals surface area (Å²) in [5, 5.41) is 0. The number of hydrogen-bond donors (Lipinski definition) is 0. The van der Waals surface area contributed by atoms with Crippen LogP contribution in [0.1, 0.15) is 104 Å². The van der Waals surface area contributed by atoms with Crippen LogP contribution in [-0.2, 0) is 19.7 Å². The zero-order valence-electron chi connectivity index (χ0n) is 15.5. The van der Waals surface area contributed by atoms with Gasteiger partial charge in [0.05, 0.1) is 0 Å². The summed E-state index contributed by atoms with van der Waals surface area (Å²) in [6.07, 6.45) is 13.1. The van der Waals surface area contributed by atoms with E-state index in [0.29, 0.717) is 25.7 Å². The quantitative estimate of drug-likeness (QED) is 0.398. The molecule has 0 atom stereocenters. The number of hydrogen-bond acceptors (Lipinski definition) is 4. The minimum atomic E-state index is -3.45. The SMILES string of the molecule is CCCCCCCCC1S(=O)(=O)C(CCCCCCCC)S1(=O)=O. The summed E-state index contributed by atoms with van der Waals surface area (Å²) in [7, 11) is -6.91. The number of unbranched alkanes of at least 4 members (excludes halogenated alkanes) is 10. The van der Waals surface area contributed by atoms with Crippen LogP contribution >= 0.6 is 0 Å². The van der Waals surface area contributed by atoms with Gasteiger partial charge >= 0.3 is 0 Å². The van der Waals surface area contributed by atoms with Crippen molar-refractivity contribution in [1.29, 1.82) is 0 Å². The first-order chi connectivity index (χ1) is 11.4. The molecule has 1 fully saturated rings. The van der Waals surface area contributed by atoms with E-state index in [1.807, 2.05) is 0 Å². The molecule has 0 aliphatic carbocycles. The maximum Gasteiger partial charge on any atom is 0.184 e. The summed E-state index contributed by atoms with van der Waals surface area (Å²) in [5.74, 6) is 0. The molecule has 0 radical (unpaired) electrons. The molecule has 0 spiro atoms. The smallest absolute Gasteiger partial charge is 0.184 e. The van der Waals surface area contributed by atoms with Crippen molar-refractivity contribution in [1.82, 2.24) is 0 Å². The normalized spacial score (nSPS) is 24.6. The van der Waals surface area contributed by atoms with Crippen LogP contribution < -0.4 is 0 Å². The van der Waals surface area contributed by atoms with Gasteiger partial charge in [0.2, 0.25) is 0 Å². The van der Waals surface area contributed by atoms with Crippen LogP contribution in [0.25, 0.3) is 0 Å². The molecule has 0 aromatic carbocycles. The summed E-state index contributed by atoms with van der Waals surface area (Å²) in [6, 6.07) is 0. The Labute approximate surface area is 149 Å². The molecule has 1 saturated heterocycles. The van der Waals surface area contributed by atoms with Crippen LogP contribution in [0, 0.1) is 0 Å². The molecule has 0 saturated carbocycles. The highest BCUT2D eigenvalue weighted by Gasteiger charge is 2.59. The molecule has 0 amide bonds. The predicted octanol–water partition coefficient (Wildman–Crippen LogP) is 4.98. The number of sulfone groups is 2. The lowest BCUT2D eigenvalue weighted by atomic mass is 10.1. The first kappa shape index (κ1) is 21.9. The zero-order valence-corrected chi connectivity index (χ0v) is 17.1. The molecule has 1 rings (SSSR count). The number of rotatable bonds is 14. The highest BCUT2D eigenvalue weighted by Crippen LogP contribution is 2.40. The van der Waals surface area contributed by atoms with Gasteiger partial charge in [0, 0.05) is 0 Å². The molecule has 1 heterocycles. The summed E-state index contributed by atoms with van der Waals surface area (Å²) in [5.41, 5.74) is 0. The van der Waals surface area contributed by atoms with E-state index in [1.165, 1.54) is 25.7 Å². The highest BCUT2D eigenvalue weighted by atomic mass is 32.3. The Hall–Kier alpha value is -0.100. The largest absolute Gasteiger partial charge is 0.226 e. The van der Waals surface area contributed by atoms with E-state index in [9.17, 15) is 16.8 Å². The van der Waals surface area contributed by atoms with Gasteiger partial charge in [0.1, 0.15) is 0 Å². The zero-order chi connectivity index (χ0) is 18.1. The van der Waals surface area contributed by atoms with E-state index in [2.05, 4.69) is 13.8 Å². The average Bonchev–Trinajstić information content (AvgIpc) is 2.52. The first-order valence-electron chi connectivity index (χ1n) is 9.84. The van der Waals surface area contributed by atoms with E-state index < -0.39 is 28.8 Å². The molecule has 1 aliphatic rings. The van der Waals surface area contributed by atoms with Gasteiger partial charge in [-0.05, 0) is 12.8 Å². The second-order valence-electron chi connectivity index (χ2n) is 7.15. The summed E-state index contributed by atoms with van der Waals surface area (Å²) in [6.45, 7) is 4.30. The van der Waals surface area contributed by atoms with Crippen LogP contribution in [0.4, 0.5) is 0 Å². The summed E-state index contributed by atoms with van der Waals surface area (Å²) in [4.78, 5) is 0. The molecule has 4 nitrogen and oxygen atoms in total. The average molecular weight is 381 g/mol. The molecule has 0 unspecified atom stereocenters. The molecule has 6 heteroatoms. The van der Waals surface area contributed by atoms with Crippen molar-refractivity contribution in [3.05, 3.63) is 0 Å². The van der Waals surface area contributed by atoms with E-state index in [0.717, 1.165) is 38.5 Å². The fraction of sp³-hybridized carbons (Fsp3) is 1.00. The Kier molecular flexibility index (Phi) is 9.87. The van der Waals surface area contributed by atoms with Crippen LogP contribution in [-0.4, -0.2) is 26.0 Å². The van der Waals surface area contributed by atoms with Crippen LogP contribution in [0.15, 0.2) is 0 Å². The topological polar surface area (TPSA) is 68.3 Å². The Morgan fingerprint density at radius 3 is 1.12 bits per heavy atom.